The topological polar surface area (TPSA) is 25.8 Å². The van der Waals surface area contributed by atoms with Gasteiger partial charge in [-0.05, 0) is 123 Å². The lowest BCUT2D eigenvalue weighted by molar-refractivity contribution is 1.25. The Morgan fingerprint density at radius 2 is 0.731 bits per heavy atom. The molecule has 0 saturated heterocycles. The number of hydrogen-bond donors (Lipinski definition) is 0. The Balaban J connectivity index is 1.03. The van der Waals surface area contributed by atoms with E-state index < -0.39 is 0 Å². The van der Waals surface area contributed by atoms with Gasteiger partial charge in [0.15, 0.2) is 0 Å². The van der Waals surface area contributed by atoms with Crippen molar-refractivity contribution in [3.8, 4) is 44.8 Å². The van der Waals surface area contributed by atoms with Gasteiger partial charge in [0.25, 0.3) is 0 Å². The van der Waals surface area contributed by atoms with Crippen molar-refractivity contribution in [2.45, 2.75) is 0 Å². The predicted molar refractivity (Wildman–Crippen MR) is 220 cm³/mol. The van der Waals surface area contributed by atoms with Crippen molar-refractivity contribution in [1.82, 2.24) is 9.97 Å². The van der Waals surface area contributed by atoms with Crippen LogP contribution in [0.4, 0.5) is 0 Å². The predicted octanol–water partition coefficient (Wildman–Crippen LogP) is 13.5. The molecule has 240 valence electrons. The molecule has 0 bridgehead atoms. The summed E-state index contributed by atoms with van der Waals surface area (Å²) in [5.74, 6) is 0. The zero-order valence-electron chi connectivity index (χ0n) is 28.2. The lowest BCUT2D eigenvalue weighted by atomic mass is 9.86. The number of fused-ring (bicyclic) bond motifs is 2. The third kappa shape index (κ3) is 4.44. The Labute approximate surface area is 300 Å². The summed E-state index contributed by atoms with van der Waals surface area (Å²) in [6.45, 7) is 0. The molecule has 0 radical (unpaired) electrons. The molecule has 52 heavy (non-hydrogen) atoms. The molecule has 0 N–H and O–H groups in total. The molecule has 9 aromatic carbocycles. The monoisotopic (exact) mass is 658 g/mol. The highest BCUT2D eigenvalue weighted by atomic mass is 14.8. The minimum absolute atomic E-state index is 0.876. The van der Waals surface area contributed by atoms with Crippen molar-refractivity contribution in [2.75, 3.05) is 0 Å². The van der Waals surface area contributed by atoms with Gasteiger partial charge in [-0.2, -0.15) is 0 Å². The molecule has 0 aliphatic rings. The van der Waals surface area contributed by atoms with E-state index in [4.69, 9.17) is 0 Å². The van der Waals surface area contributed by atoms with Crippen molar-refractivity contribution in [2.24, 2.45) is 0 Å². The molecular weight excluding hydrogens is 629 g/mol. The van der Waals surface area contributed by atoms with Crippen molar-refractivity contribution in [3.63, 3.8) is 0 Å². The van der Waals surface area contributed by atoms with Crippen LogP contribution < -0.4 is 0 Å². The zero-order chi connectivity index (χ0) is 34.2. The molecule has 0 atom stereocenters. The van der Waals surface area contributed by atoms with Crippen LogP contribution >= 0.6 is 0 Å². The maximum absolute atomic E-state index is 4.67. The summed E-state index contributed by atoms with van der Waals surface area (Å²) in [7, 11) is 0. The molecular formula is C50H30N2. The van der Waals surface area contributed by atoms with Crippen LogP contribution in [-0.4, -0.2) is 9.97 Å². The summed E-state index contributed by atoms with van der Waals surface area (Å²) in [5, 5.41) is 15.6. The van der Waals surface area contributed by atoms with Crippen LogP contribution in [0.5, 0.6) is 0 Å². The first-order chi connectivity index (χ1) is 25.8. The SMILES string of the molecule is c1ccc(-c2ccc(-c3ccc(-c4ccc(-c5cc6ccc7cccc8c9cccc%10ccc%11cccc(c(c5)c6c78)c%11c%109)cc4)cc3)cn2)nc1. The van der Waals surface area contributed by atoms with E-state index in [1.807, 2.05) is 30.5 Å². The van der Waals surface area contributed by atoms with Crippen LogP contribution in [0, 0.1) is 0 Å². The first-order valence-electron chi connectivity index (χ1n) is 17.8. The molecule has 11 rings (SSSR count). The highest BCUT2D eigenvalue weighted by Crippen LogP contribution is 2.44. The number of hydrogen-bond acceptors (Lipinski definition) is 2. The Morgan fingerprint density at radius 3 is 1.25 bits per heavy atom. The normalized spacial score (nSPS) is 11.8. The van der Waals surface area contributed by atoms with Crippen molar-refractivity contribution in [3.05, 3.63) is 182 Å². The average molecular weight is 659 g/mol. The number of pyridine rings is 2. The van der Waals surface area contributed by atoms with Crippen LogP contribution in [-0.2, 0) is 0 Å². The Bertz CT molecular complexity index is 3120. The molecule has 0 saturated carbocycles. The highest BCUT2D eigenvalue weighted by Gasteiger charge is 2.16. The highest BCUT2D eigenvalue weighted by molar-refractivity contribution is 6.37. The Kier molecular flexibility index (Phi) is 6.28. The molecule has 2 aromatic heterocycles. The summed E-state index contributed by atoms with van der Waals surface area (Å²) in [5.41, 5.74) is 8.79. The van der Waals surface area contributed by atoms with Gasteiger partial charge < -0.3 is 0 Å². The van der Waals surface area contributed by atoms with Gasteiger partial charge in [-0.1, -0.05) is 140 Å². The van der Waals surface area contributed by atoms with Gasteiger partial charge in [0.2, 0.25) is 0 Å². The van der Waals surface area contributed by atoms with E-state index in [1.165, 1.54) is 86.9 Å². The molecule has 0 unspecified atom stereocenters. The van der Waals surface area contributed by atoms with Crippen LogP contribution in [0.2, 0.25) is 0 Å². The van der Waals surface area contributed by atoms with Gasteiger partial charge in [0.1, 0.15) is 0 Å². The Morgan fingerprint density at radius 1 is 0.269 bits per heavy atom. The molecule has 0 spiro atoms. The van der Waals surface area contributed by atoms with Crippen LogP contribution in [0.3, 0.4) is 0 Å². The zero-order valence-corrected chi connectivity index (χ0v) is 28.2. The van der Waals surface area contributed by atoms with Crippen molar-refractivity contribution >= 4 is 64.6 Å². The molecule has 0 aliphatic heterocycles. The number of benzene rings is 8. The molecule has 2 heteroatoms. The minimum atomic E-state index is 0.876. The van der Waals surface area contributed by atoms with E-state index in [2.05, 4.69) is 156 Å². The van der Waals surface area contributed by atoms with Crippen LogP contribution in [0.1, 0.15) is 0 Å². The van der Waals surface area contributed by atoms with E-state index in [9.17, 15) is 0 Å². The van der Waals surface area contributed by atoms with Gasteiger partial charge in [-0.3, -0.25) is 9.97 Å². The maximum atomic E-state index is 4.67. The second-order valence-corrected chi connectivity index (χ2v) is 13.8. The number of nitrogens with zero attached hydrogens (tertiary/aromatic N) is 2. The fourth-order valence-electron chi connectivity index (χ4n) is 8.39. The van der Waals surface area contributed by atoms with Gasteiger partial charge in [0.05, 0.1) is 11.4 Å². The third-order valence-electron chi connectivity index (χ3n) is 10.9. The minimum Gasteiger partial charge on any atom is -0.255 e. The second kappa shape index (κ2) is 11.3. The molecule has 2 heterocycles. The van der Waals surface area contributed by atoms with E-state index in [-0.39, 0.29) is 0 Å². The van der Waals surface area contributed by atoms with E-state index >= 15 is 0 Å². The third-order valence-corrected chi connectivity index (χ3v) is 10.9. The van der Waals surface area contributed by atoms with Gasteiger partial charge in [-0.15, -0.1) is 0 Å². The van der Waals surface area contributed by atoms with Crippen molar-refractivity contribution < 1.29 is 0 Å². The summed E-state index contributed by atoms with van der Waals surface area (Å²) in [4.78, 5) is 9.10. The molecule has 11 aromatic rings. The average Bonchev–Trinajstić information content (AvgIpc) is 3.22. The van der Waals surface area contributed by atoms with E-state index in [0.29, 0.717) is 0 Å². The summed E-state index contributed by atoms with van der Waals surface area (Å²) in [6, 6.07) is 62.1. The van der Waals surface area contributed by atoms with E-state index in [1.54, 1.807) is 6.20 Å². The standard InChI is InChI=1S/C50H30N2/c1-2-27-51-45(12-1)46-26-25-39(30-52-46)33-17-13-31(14-18-33)32-15-19-34(20-16-32)40-28-38-24-23-37-7-4-10-42-41-9-3-6-35-21-22-36-8-5-11-43(49(36)47(35)41)44(29-40)50(38)48(37)42/h1-30H. The summed E-state index contributed by atoms with van der Waals surface area (Å²) in [6.07, 6.45) is 3.73. The van der Waals surface area contributed by atoms with Gasteiger partial charge >= 0.3 is 0 Å². The Hall–Kier alpha value is -6.90. The van der Waals surface area contributed by atoms with Crippen molar-refractivity contribution in [1.29, 1.82) is 0 Å². The molecule has 2 nitrogen and oxygen atoms in total. The first kappa shape index (κ1) is 28.9. The fraction of sp³-hybridized carbons (Fsp3) is 0. The summed E-state index contributed by atoms with van der Waals surface area (Å²) >= 11 is 0. The lowest BCUT2D eigenvalue weighted by Crippen LogP contribution is -1.89. The summed E-state index contributed by atoms with van der Waals surface area (Å²) < 4.78 is 0. The second-order valence-electron chi connectivity index (χ2n) is 13.8. The van der Waals surface area contributed by atoms with E-state index in [0.717, 1.165) is 22.5 Å². The van der Waals surface area contributed by atoms with Crippen LogP contribution in [0.25, 0.3) is 109 Å². The smallest absolute Gasteiger partial charge is 0.0886 e. The molecule has 0 amide bonds. The molecule has 0 fully saturated rings. The fourth-order valence-corrected chi connectivity index (χ4v) is 8.39. The molecule has 0 aliphatic carbocycles. The number of aromatic nitrogens is 2. The lowest BCUT2D eigenvalue weighted by Gasteiger charge is -2.17. The van der Waals surface area contributed by atoms with Gasteiger partial charge in [-0.25, -0.2) is 0 Å². The first-order valence-corrected chi connectivity index (χ1v) is 17.8. The largest absolute Gasteiger partial charge is 0.255 e. The van der Waals surface area contributed by atoms with Gasteiger partial charge in [0, 0.05) is 18.0 Å². The number of rotatable bonds is 4. The van der Waals surface area contributed by atoms with Crippen LogP contribution in [0.15, 0.2) is 182 Å². The maximum Gasteiger partial charge on any atom is 0.0886 e. The quantitative estimate of drug-likeness (QED) is 0.176.